The molecule has 0 radical (unpaired) electrons. The second-order valence-corrected chi connectivity index (χ2v) is 11.5. The maximum Gasteiger partial charge on any atom is 0.241 e. The van der Waals surface area contributed by atoms with Crippen LogP contribution in [-0.4, -0.2) is 38.6 Å². The van der Waals surface area contributed by atoms with Crippen molar-refractivity contribution in [1.82, 2.24) is 14.9 Å². The van der Waals surface area contributed by atoms with Gasteiger partial charge in [0.05, 0.1) is 26.3 Å². The van der Waals surface area contributed by atoms with Gasteiger partial charge < -0.3 is 5.32 Å². The van der Waals surface area contributed by atoms with Crippen molar-refractivity contribution in [3.05, 3.63) is 82.5 Å². The monoisotopic (exact) mass is 488 g/mol. The van der Waals surface area contributed by atoms with Gasteiger partial charge in [0.25, 0.3) is 0 Å². The topological polar surface area (TPSA) is 58.1 Å². The number of thiazole rings is 1. The summed E-state index contributed by atoms with van der Waals surface area (Å²) in [5.74, 6) is 0.0423. The van der Waals surface area contributed by atoms with Crippen LogP contribution in [0, 0.1) is 20.8 Å². The Bertz CT molecular complexity index is 1320. The molecule has 34 heavy (non-hydrogen) atoms. The van der Waals surface area contributed by atoms with E-state index in [0.29, 0.717) is 5.25 Å². The van der Waals surface area contributed by atoms with Crippen LogP contribution in [0.4, 0.5) is 5.69 Å². The number of hydrogen-bond donors (Lipinski definition) is 1. The summed E-state index contributed by atoms with van der Waals surface area (Å²) in [6, 6.07) is 18.3. The average Bonchev–Trinajstić information content (AvgIpc) is 3.38. The Hall–Kier alpha value is -2.74. The van der Waals surface area contributed by atoms with E-state index in [4.69, 9.17) is 0 Å². The number of fused-ring (bicyclic) bond motifs is 1. The van der Waals surface area contributed by atoms with Crippen LogP contribution in [0.1, 0.15) is 28.1 Å². The van der Waals surface area contributed by atoms with Gasteiger partial charge in [-0.1, -0.05) is 29.8 Å². The number of anilines is 1. The minimum absolute atomic E-state index is 0.0423. The Morgan fingerprint density at radius 2 is 2.03 bits per heavy atom. The number of carbonyl (C=O) groups excluding carboxylic acids is 1. The van der Waals surface area contributed by atoms with Crippen molar-refractivity contribution in [3.63, 3.8) is 0 Å². The maximum absolute atomic E-state index is 13.5. The molecule has 1 amide bonds. The lowest BCUT2D eigenvalue weighted by atomic mass is 10.0. The highest BCUT2D eigenvalue weighted by Gasteiger charge is 2.37. The van der Waals surface area contributed by atoms with Gasteiger partial charge in [0.15, 0.2) is 0 Å². The number of carbonyl (C=O) groups is 1. The summed E-state index contributed by atoms with van der Waals surface area (Å²) < 4.78 is 1.14. The summed E-state index contributed by atoms with van der Waals surface area (Å²) in [4.78, 5) is 24.9. The number of likely N-dealkylation sites (tertiary alicyclic amines) is 1. The third kappa shape index (κ3) is 5.17. The number of amides is 1. The van der Waals surface area contributed by atoms with E-state index in [9.17, 15) is 4.79 Å². The molecule has 1 aliphatic heterocycles. The van der Waals surface area contributed by atoms with Gasteiger partial charge in [0.2, 0.25) is 5.91 Å². The van der Waals surface area contributed by atoms with Gasteiger partial charge in [-0.05, 0) is 68.7 Å². The molecule has 1 aliphatic rings. The molecule has 174 valence electrons. The number of aromatic nitrogens is 2. The third-order valence-electron chi connectivity index (χ3n) is 6.23. The highest BCUT2D eigenvalue weighted by atomic mass is 32.2. The molecule has 0 bridgehead atoms. The number of pyridine rings is 1. The molecule has 2 atom stereocenters. The van der Waals surface area contributed by atoms with E-state index in [1.54, 1.807) is 23.1 Å². The first-order chi connectivity index (χ1) is 16.4. The van der Waals surface area contributed by atoms with Crippen LogP contribution in [0.3, 0.4) is 0 Å². The fourth-order valence-electron chi connectivity index (χ4n) is 4.52. The van der Waals surface area contributed by atoms with Crippen LogP contribution in [0.2, 0.25) is 0 Å². The standard InChI is InChI=1S/C27H28N4OS2/c1-17-7-8-18(2)20(12-17)15-31-16-22(34-26-6-4-5-11-28-26)14-24(31)27(32)30-21-9-10-25-23(13-21)29-19(3)33-25/h4-13,22,24H,14-16H2,1-3H3,(H,30,32)/t22-,24+/m1/s1. The lowest BCUT2D eigenvalue weighted by Crippen LogP contribution is -2.39. The summed E-state index contributed by atoms with van der Waals surface area (Å²) in [5, 5.41) is 5.51. The number of nitrogens with zero attached hydrogens (tertiary/aromatic N) is 3. The number of nitrogens with one attached hydrogen (secondary N) is 1. The molecule has 0 aliphatic carbocycles. The van der Waals surface area contributed by atoms with Crippen LogP contribution in [-0.2, 0) is 11.3 Å². The summed E-state index contributed by atoms with van der Waals surface area (Å²) in [7, 11) is 0. The number of hydrogen-bond acceptors (Lipinski definition) is 6. The van der Waals surface area contributed by atoms with Crippen molar-refractivity contribution in [3.8, 4) is 0 Å². The Morgan fingerprint density at radius 3 is 2.85 bits per heavy atom. The second-order valence-electron chi connectivity index (χ2n) is 8.92. The van der Waals surface area contributed by atoms with Gasteiger partial charge in [0, 0.05) is 30.2 Å². The molecular weight excluding hydrogens is 460 g/mol. The van der Waals surface area contributed by atoms with E-state index in [1.165, 1.54) is 16.7 Å². The lowest BCUT2D eigenvalue weighted by Gasteiger charge is -2.24. The molecule has 0 saturated carbocycles. The van der Waals surface area contributed by atoms with Crippen molar-refractivity contribution in [1.29, 1.82) is 0 Å². The fourth-order valence-corrected chi connectivity index (χ4v) is 6.49. The zero-order valence-corrected chi connectivity index (χ0v) is 21.2. The molecule has 1 saturated heterocycles. The minimum atomic E-state index is -0.200. The molecule has 0 spiro atoms. The van der Waals surface area contributed by atoms with Crippen LogP contribution >= 0.6 is 23.1 Å². The number of benzene rings is 2. The summed E-state index contributed by atoms with van der Waals surface area (Å²) in [5.41, 5.74) is 5.51. The zero-order chi connectivity index (χ0) is 23.7. The Labute approximate surface area is 208 Å². The van der Waals surface area contributed by atoms with E-state index in [-0.39, 0.29) is 11.9 Å². The van der Waals surface area contributed by atoms with E-state index in [2.05, 4.69) is 52.2 Å². The number of rotatable bonds is 6. The molecule has 2 aromatic heterocycles. The quantitative estimate of drug-likeness (QED) is 0.361. The first kappa shape index (κ1) is 23.0. The van der Waals surface area contributed by atoms with E-state index in [0.717, 1.165) is 45.4 Å². The Balaban J connectivity index is 1.37. The van der Waals surface area contributed by atoms with Crippen LogP contribution in [0.15, 0.2) is 65.8 Å². The molecule has 3 heterocycles. The molecule has 7 heteroatoms. The zero-order valence-electron chi connectivity index (χ0n) is 19.6. The van der Waals surface area contributed by atoms with Gasteiger partial charge in [0.1, 0.15) is 0 Å². The van der Waals surface area contributed by atoms with Gasteiger partial charge in [-0.2, -0.15) is 0 Å². The summed E-state index contributed by atoms with van der Waals surface area (Å²) >= 11 is 3.43. The predicted molar refractivity (Wildman–Crippen MR) is 142 cm³/mol. The lowest BCUT2D eigenvalue weighted by molar-refractivity contribution is -0.120. The second kappa shape index (κ2) is 9.86. The molecule has 0 unspecified atom stereocenters. The van der Waals surface area contributed by atoms with E-state index < -0.39 is 0 Å². The van der Waals surface area contributed by atoms with Gasteiger partial charge in [-0.3, -0.25) is 9.69 Å². The molecule has 4 aromatic rings. The number of aryl methyl sites for hydroxylation is 3. The fraction of sp³-hybridized carbons (Fsp3) is 0.296. The van der Waals surface area contributed by atoms with Gasteiger partial charge in [-0.15, -0.1) is 23.1 Å². The predicted octanol–water partition coefficient (Wildman–Crippen LogP) is 5.99. The number of thioether (sulfide) groups is 1. The van der Waals surface area contributed by atoms with Crippen LogP contribution in [0.5, 0.6) is 0 Å². The van der Waals surface area contributed by atoms with Crippen molar-refractivity contribution < 1.29 is 4.79 Å². The Kier molecular flexibility index (Phi) is 6.68. The van der Waals surface area contributed by atoms with Crippen molar-refractivity contribution >= 4 is 44.9 Å². The normalized spacial score (nSPS) is 18.4. The highest BCUT2D eigenvalue weighted by molar-refractivity contribution is 7.99. The first-order valence-corrected chi connectivity index (χ1v) is 13.2. The summed E-state index contributed by atoms with van der Waals surface area (Å²) in [6.45, 7) is 7.87. The van der Waals surface area contributed by atoms with Crippen molar-refractivity contribution in [2.75, 3.05) is 11.9 Å². The van der Waals surface area contributed by atoms with Crippen molar-refractivity contribution in [2.45, 2.75) is 50.1 Å². The third-order valence-corrected chi connectivity index (χ3v) is 8.34. The smallest absolute Gasteiger partial charge is 0.241 e. The first-order valence-electron chi connectivity index (χ1n) is 11.5. The van der Waals surface area contributed by atoms with E-state index in [1.807, 2.05) is 49.5 Å². The minimum Gasteiger partial charge on any atom is -0.325 e. The maximum atomic E-state index is 13.5. The van der Waals surface area contributed by atoms with Gasteiger partial charge >= 0.3 is 0 Å². The van der Waals surface area contributed by atoms with Crippen LogP contribution in [0.25, 0.3) is 10.2 Å². The molecule has 1 N–H and O–H groups in total. The van der Waals surface area contributed by atoms with Crippen molar-refractivity contribution in [2.24, 2.45) is 0 Å². The van der Waals surface area contributed by atoms with Gasteiger partial charge in [-0.25, -0.2) is 9.97 Å². The average molecular weight is 489 g/mol. The molecular formula is C27H28N4OS2. The Morgan fingerprint density at radius 1 is 1.15 bits per heavy atom. The highest BCUT2D eigenvalue weighted by Crippen LogP contribution is 2.34. The molecule has 1 fully saturated rings. The largest absolute Gasteiger partial charge is 0.325 e. The molecule has 2 aromatic carbocycles. The summed E-state index contributed by atoms with van der Waals surface area (Å²) in [6.07, 6.45) is 2.61. The van der Waals surface area contributed by atoms with Crippen LogP contribution < -0.4 is 5.32 Å². The SMILES string of the molecule is Cc1ccc(C)c(CN2C[C@H](Sc3ccccn3)C[C@H]2C(=O)Nc2ccc3sc(C)nc3c2)c1. The molecule has 5 nitrogen and oxygen atoms in total. The molecule has 5 rings (SSSR count). The van der Waals surface area contributed by atoms with E-state index >= 15 is 0 Å².